The van der Waals surface area contributed by atoms with Gasteiger partial charge >= 0.3 is 5.97 Å². The van der Waals surface area contributed by atoms with Gasteiger partial charge in [0.05, 0.1) is 40.5 Å². The van der Waals surface area contributed by atoms with Crippen LogP contribution in [0.3, 0.4) is 0 Å². The van der Waals surface area contributed by atoms with Crippen molar-refractivity contribution in [2.75, 3.05) is 24.3 Å². The zero-order valence-corrected chi connectivity index (χ0v) is 22.5. The van der Waals surface area contributed by atoms with Gasteiger partial charge < -0.3 is 20.1 Å². The van der Waals surface area contributed by atoms with E-state index in [1.807, 2.05) is 32.0 Å². The van der Waals surface area contributed by atoms with E-state index in [0.29, 0.717) is 44.9 Å². The summed E-state index contributed by atoms with van der Waals surface area (Å²) in [6.45, 7) is 9.67. The number of benzene rings is 2. The minimum absolute atomic E-state index is 0.0402. The van der Waals surface area contributed by atoms with Gasteiger partial charge in [-0.15, -0.1) is 0 Å². The molecule has 2 aromatic carbocycles. The van der Waals surface area contributed by atoms with Gasteiger partial charge in [-0.25, -0.2) is 4.79 Å². The molecule has 192 valence electrons. The first-order valence-corrected chi connectivity index (χ1v) is 13.0. The normalized spacial score (nSPS) is 14.9. The summed E-state index contributed by atoms with van der Waals surface area (Å²) in [5, 5.41) is 17.2. The summed E-state index contributed by atoms with van der Waals surface area (Å²) >= 11 is 7.34. The molecular formula is C28H28ClN3O4S. The van der Waals surface area contributed by atoms with E-state index in [0.717, 1.165) is 11.1 Å². The first-order chi connectivity index (χ1) is 17.8. The maximum absolute atomic E-state index is 13.0. The van der Waals surface area contributed by atoms with Crippen LogP contribution in [0.15, 0.2) is 77.0 Å². The zero-order valence-electron chi connectivity index (χ0n) is 20.9. The maximum Gasteiger partial charge on any atom is 0.337 e. The van der Waals surface area contributed by atoms with Crippen molar-refractivity contribution in [2.45, 2.75) is 26.7 Å². The quantitative estimate of drug-likeness (QED) is 0.290. The maximum atomic E-state index is 13.0. The van der Waals surface area contributed by atoms with E-state index in [9.17, 15) is 14.9 Å². The van der Waals surface area contributed by atoms with E-state index in [4.69, 9.17) is 21.1 Å². The largest absolute Gasteiger partial charge is 0.494 e. The van der Waals surface area contributed by atoms with Gasteiger partial charge in [0.25, 0.3) is 0 Å². The molecule has 0 radical (unpaired) electrons. The molecule has 0 saturated carbocycles. The molecule has 0 fully saturated rings. The average Bonchev–Trinajstić information content (AvgIpc) is 2.88. The Morgan fingerprint density at radius 3 is 2.59 bits per heavy atom. The fourth-order valence-corrected chi connectivity index (χ4v) is 4.84. The second-order valence-electron chi connectivity index (χ2n) is 8.14. The van der Waals surface area contributed by atoms with Crippen molar-refractivity contribution in [1.29, 1.82) is 5.26 Å². The summed E-state index contributed by atoms with van der Waals surface area (Å²) in [5.41, 5.74) is 3.41. The van der Waals surface area contributed by atoms with Gasteiger partial charge in [-0.05, 0) is 56.2 Å². The van der Waals surface area contributed by atoms with E-state index in [1.165, 1.54) is 17.8 Å². The number of carbonyl (C=O) groups is 2. The summed E-state index contributed by atoms with van der Waals surface area (Å²) in [6.07, 6.45) is 1.48. The van der Waals surface area contributed by atoms with Crippen LogP contribution < -0.4 is 15.4 Å². The van der Waals surface area contributed by atoms with E-state index >= 15 is 0 Å². The molecule has 0 bridgehead atoms. The molecule has 1 aliphatic heterocycles. The van der Waals surface area contributed by atoms with Crippen LogP contribution in [0.25, 0.3) is 0 Å². The van der Waals surface area contributed by atoms with Gasteiger partial charge in [0.1, 0.15) is 12.4 Å². The van der Waals surface area contributed by atoms with Crippen molar-refractivity contribution >= 4 is 40.9 Å². The highest BCUT2D eigenvalue weighted by Crippen LogP contribution is 2.41. The summed E-state index contributed by atoms with van der Waals surface area (Å²) in [6, 6.07) is 14.8. The number of allylic oxidation sites excluding steroid dienone is 2. The number of halogens is 1. The standard InChI is InChI=1S/C28H28ClN3O4S/c1-5-13-36-28(34)25-18(4)31-27(37-16-24(33)32-20-10-7-17(3)23(29)14-20)22(15-30)26(25)19-8-11-21(12-9-19)35-6-2/h5,7-12,14,26,31H,1,6,13,16H2,2-4H3,(H,32,33)/t26-/m1/s1. The lowest BCUT2D eigenvalue weighted by Crippen LogP contribution is -2.29. The van der Waals surface area contributed by atoms with Gasteiger partial charge in [0.2, 0.25) is 5.91 Å². The molecule has 7 nitrogen and oxygen atoms in total. The van der Waals surface area contributed by atoms with Crippen LogP contribution in [0, 0.1) is 18.3 Å². The fourth-order valence-electron chi connectivity index (χ4n) is 3.77. The molecule has 0 spiro atoms. The number of nitrogens with one attached hydrogen (secondary N) is 2. The Kier molecular flexibility index (Phi) is 9.84. The highest BCUT2D eigenvalue weighted by Gasteiger charge is 2.35. The molecule has 2 N–H and O–H groups in total. The SMILES string of the molecule is C=CCOC(=O)C1=C(C)NC(SCC(=O)Nc2ccc(C)c(Cl)c2)=C(C#N)[C@H]1c1ccc(OCC)cc1. The molecule has 3 rings (SSSR count). The smallest absolute Gasteiger partial charge is 0.337 e. The number of nitrogens with zero attached hydrogens (tertiary/aromatic N) is 1. The zero-order chi connectivity index (χ0) is 26.9. The second-order valence-corrected chi connectivity index (χ2v) is 9.53. The Bertz CT molecular complexity index is 1300. The third kappa shape index (κ3) is 6.97. The Labute approximate surface area is 226 Å². The topological polar surface area (TPSA) is 100 Å². The van der Waals surface area contributed by atoms with Crippen molar-refractivity contribution in [2.24, 2.45) is 0 Å². The number of hydrogen-bond acceptors (Lipinski definition) is 7. The van der Waals surface area contributed by atoms with Gasteiger partial charge in [-0.2, -0.15) is 5.26 Å². The predicted molar refractivity (Wildman–Crippen MR) is 147 cm³/mol. The Balaban J connectivity index is 1.90. The second kappa shape index (κ2) is 13.0. The van der Waals surface area contributed by atoms with Crippen LogP contribution in [-0.2, 0) is 14.3 Å². The first kappa shape index (κ1) is 27.9. The number of carbonyl (C=O) groups excluding carboxylic acids is 2. The van der Waals surface area contributed by atoms with Crippen LogP contribution in [0.2, 0.25) is 5.02 Å². The number of thioether (sulfide) groups is 1. The highest BCUT2D eigenvalue weighted by atomic mass is 35.5. The number of hydrogen-bond donors (Lipinski definition) is 2. The number of rotatable bonds is 10. The number of aryl methyl sites for hydroxylation is 1. The molecule has 1 aliphatic rings. The summed E-state index contributed by atoms with van der Waals surface area (Å²) in [4.78, 5) is 25.7. The Morgan fingerprint density at radius 2 is 1.97 bits per heavy atom. The number of nitriles is 1. The van der Waals surface area contributed by atoms with Gasteiger partial charge in [0, 0.05) is 16.4 Å². The number of dihydropyridines is 1. The van der Waals surface area contributed by atoms with Crippen molar-refractivity contribution in [3.8, 4) is 11.8 Å². The molecule has 0 aliphatic carbocycles. The van der Waals surface area contributed by atoms with Crippen LogP contribution in [0.5, 0.6) is 5.75 Å². The first-order valence-electron chi connectivity index (χ1n) is 11.6. The Morgan fingerprint density at radius 1 is 1.24 bits per heavy atom. The lowest BCUT2D eigenvalue weighted by molar-refractivity contribution is -0.138. The third-order valence-corrected chi connectivity index (χ3v) is 6.95. The molecule has 37 heavy (non-hydrogen) atoms. The minimum atomic E-state index is -0.680. The third-order valence-electron chi connectivity index (χ3n) is 5.53. The predicted octanol–water partition coefficient (Wildman–Crippen LogP) is 5.84. The fraction of sp³-hybridized carbons (Fsp3) is 0.250. The number of ether oxygens (including phenoxy) is 2. The van der Waals surface area contributed by atoms with Crippen molar-refractivity contribution < 1.29 is 19.1 Å². The molecular weight excluding hydrogens is 510 g/mol. The van der Waals surface area contributed by atoms with Crippen molar-refractivity contribution in [3.63, 3.8) is 0 Å². The van der Waals surface area contributed by atoms with Gasteiger partial charge in [-0.3, -0.25) is 4.79 Å². The van der Waals surface area contributed by atoms with Crippen LogP contribution in [0.4, 0.5) is 5.69 Å². The summed E-state index contributed by atoms with van der Waals surface area (Å²) < 4.78 is 10.9. The Hall–Kier alpha value is -3.67. The lowest BCUT2D eigenvalue weighted by Gasteiger charge is -2.29. The van der Waals surface area contributed by atoms with Crippen LogP contribution >= 0.6 is 23.4 Å². The highest BCUT2D eigenvalue weighted by molar-refractivity contribution is 8.03. The van der Waals surface area contributed by atoms with Crippen LogP contribution in [0.1, 0.15) is 30.9 Å². The molecule has 2 aromatic rings. The van der Waals surface area contributed by atoms with Gasteiger partial charge in [0.15, 0.2) is 0 Å². The number of esters is 1. The van der Waals surface area contributed by atoms with E-state index < -0.39 is 11.9 Å². The van der Waals surface area contributed by atoms with Crippen molar-refractivity contribution in [1.82, 2.24) is 5.32 Å². The van der Waals surface area contributed by atoms with E-state index in [-0.39, 0.29) is 18.3 Å². The molecule has 0 unspecified atom stereocenters. The van der Waals surface area contributed by atoms with E-state index in [2.05, 4.69) is 23.3 Å². The molecule has 0 saturated heterocycles. The molecule has 0 aromatic heterocycles. The average molecular weight is 538 g/mol. The van der Waals surface area contributed by atoms with Gasteiger partial charge in [-0.1, -0.05) is 54.2 Å². The summed E-state index contributed by atoms with van der Waals surface area (Å²) in [5.74, 6) is -0.762. The molecule has 1 amide bonds. The molecule has 1 heterocycles. The lowest BCUT2D eigenvalue weighted by atomic mass is 9.82. The van der Waals surface area contributed by atoms with E-state index in [1.54, 1.807) is 31.2 Å². The van der Waals surface area contributed by atoms with Crippen LogP contribution in [-0.4, -0.2) is 30.8 Å². The number of anilines is 1. The molecule has 1 atom stereocenters. The monoisotopic (exact) mass is 537 g/mol. The number of amides is 1. The summed E-state index contributed by atoms with van der Waals surface area (Å²) in [7, 11) is 0. The molecule has 9 heteroatoms. The van der Waals surface area contributed by atoms with Crippen molar-refractivity contribution in [3.05, 3.63) is 93.1 Å². The minimum Gasteiger partial charge on any atom is -0.494 e.